The molecule has 2 aromatic heterocycles. The highest BCUT2D eigenvalue weighted by molar-refractivity contribution is 6.29. The van der Waals surface area contributed by atoms with E-state index in [1.165, 1.54) is 6.20 Å². The van der Waals surface area contributed by atoms with Gasteiger partial charge < -0.3 is 5.32 Å². The van der Waals surface area contributed by atoms with Crippen molar-refractivity contribution in [2.75, 3.05) is 6.54 Å². The Bertz CT molecular complexity index is 592. The Labute approximate surface area is 123 Å². The lowest BCUT2D eigenvalue weighted by atomic mass is 10.2. The lowest BCUT2D eigenvalue weighted by molar-refractivity contribution is 0.0952. The van der Waals surface area contributed by atoms with Crippen LogP contribution in [0.3, 0.4) is 0 Å². The van der Waals surface area contributed by atoms with E-state index in [0.29, 0.717) is 17.3 Å². The number of hydrogen-bond donors (Lipinski definition) is 1. The second kappa shape index (κ2) is 6.52. The summed E-state index contributed by atoms with van der Waals surface area (Å²) < 4.78 is 1.95. The van der Waals surface area contributed by atoms with E-state index in [0.717, 1.165) is 24.4 Å². The number of nitrogens with zero attached hydrogens (tertiary/aromatic N) is 3. The standard InChI is InChI=1S/C14H17ClN4O/c1-10-8-11(2)19(18-10)7-3-6-16-14(20)12-4-5-13(15)17-9-12/h4-5,8-9H,3,6-7H2,1-2H3,(H,16,20). The van der Waals surface area contributed by atoms with Crippen LogP contribution in [0.1, 0.15) is 28.2 Å². The fourth-order valence-corrected chi connectivity index (χ4v) is 2.06. The minimum atomic E-state index is -0.137. The molecule has 0 unspecified atom stereocenters. The molecule has 0 atom stereocenters. The molecule has 0 spiro atoms. The molecule has 0 aliphatic rings. The molecule has 20 heavy (non-hydrogen) atoms. The first-order chi connectivity index (χ1) is 9.56. The van der Waals surface area contributed by atoms with Crippen LogP contribution in [0.5, 0.6) is 0 Å². The highest BCUT2D eigenvalue weighted by Crippen LogP contribution is 2.05. The van der Waals surface area contributed by atoms with Crippen molar-refractivity contribution < 1.29 is 4.79 Å². The van der Waals surface area contributed by atoms with E-state index in [9.17, 15) is 4.79 Å². The third kappa shape index (κ3) is 3.81. The molecule has 0 fully saturated rings. The maximum Gasteiger partial charge on any atom is 0.252 e. The first-order valence-corrected chi connectivity index (χ1v) is 6.85. The Hall–Kier alpha value is -1.88. The summed E-state index contributed by atoms with van der Waals surface area (Å²) in [5.41, 5.74) is 2.66. The highest BCUT2D eigenvalue weighted by Gasteiger charge is 2.05. The van der Waals surface area contributed by atoms with Gasteiger partial charge in [-0.2, -0.15) is 5.10 Å². The predicted molar refractivity (Wildman–Crippen MR) is 77.9 cm³/mol. The highest BCUT2D eigenvalue weighted by atomic mass is 35.5. The van der Waals surface area contributed by atoms with E-state index in [4.69, 9.17) is 11.6 Å². The number of aromatic nitrogens is 3. The molecular formula is C14H17ClN4O. The number of amides is 1. The van der Waals surface area contributed by atoms with E-state index in [-0.39, 0.29) is 5.91 Å². The van der Waals surface area contributed by atoms with E-state index >= 15 is 0 Å². The van der Waals surface area contributed by atoms with Crippen molar-refractivity contribution in [3.63, 3.8) is 0 Å². The summed E-state index contributed by atoms with van der Waals surface area (Å²) >= 11 is 5.68. The fourth-order valence-electron chi connectivity index (χ4n) is 1.94. The average molecular weight is 293 g/mol. The zero-order valence-electron chi connectivity index (χ0n) is 11.6. The molecule has 0 saturated carbocycles. The van der Waals surface area contributed by atoms with Crippen molar-refractivity contribution in [3.8, 4) is 0 Å². The normalized spacial score (nSPS) is 10.6. The van der Waals surface area contributed by atoms with Crippen molar-refractivity contribution in [1.82, 2.24) is 20.1 Å². The number of hydrogen-bond acceptors (Lipinski definition) is 3. The van der Waals surface area contributed by atoms with Crippen LogP contribution in [0.4, 0.5) is 0 Å². The summed E-state index contributed by atoms with van der Waals surface area (Å²) in [6.45, 7) is 5.38. The van der Waals surface area contributed by atoms with Gasteiger partial charge >= 0.3 is 0 Å². The number of rotatable bonds is 5. The van der Waals surface area contributed by atoms with Gasteiger partial charge in [0.15, 0.2) is 0 Å². The molecule has 2 rings (SSSR count). The summed E-state index contributed by atoms with van der Waals surface area (Å²) in [7, 11) is 0. The van der Waals surface area contributed by atoms with Crippen LogP contribution in [0, 0.1) is 13.8 Å². The smallest absolute Gasteiger partial charge is 0.252 e. The first-order valence-electron chi connectivity index (χ1n) is 6.47. The maximum atomic E-state index is 11.8. The van der Waals surface area contributed by atoms with Crippen LogP contribution in [0.2, 0.25) is 5.15 Å². The molecule has 0 radical (unpaired) electrons. The molecule has 6 heteroatoms. The van der Waals surface area contributed by atoms with Gasteiger partial charge in [0.25, 0.3) is 5.91 Å². The Morgan fingerprint density at radius 2 is 2.20 bits per heavy atom. The Kier molecular flexibility index (Phi) is 4.74. The zero-order valence-corrected chi connectivity index (χ0v) is 12.3. The molecule has 0 aliphatic heterocycles. The fraction of sp³-hybridized carbons (Fsp3) is 0.357. The van der Waals surface area contributed by atoms with E-state index < -0.39 is 0 Å². The minimum absolute atomic E-state index is 0.137. The quantitative estimate of drug-likeness (QED) is 0.680. The van der Waals surface area contributed by atoms with Crippen molar-refractivity contribution in [1.29, 1.82) is 0 Å². The second-order valence-corrected chi connectivity index (χ2v) is 5.02. The van der Waals surface area contributed by atoms with Crippen LogP contribution >= 0.6 is 11.6 Å². The van der Waals surface area contributed by atoms with Gasteiger partial charge in [-0.25, -0.2) is 4.98 Å². The second-order valence-electron chi connectivity index (χ2n) is 4.63. The van der Waals surface area contributed by atoms with Gasteiger partial charge in [-0.15, -0.1) is 0 Å². The van der Waals surface area contributed by atoms with Crippen molar-refractivity contribution in [2.45, 2.75) is 26.8 Å². The lowest BCUT2D eigenvalue weighted by Gasteiger charge is -2.06. The van der Waals surface area contributed by atoms with Crippen molar-refractivity contribution in [3.05, 3.63) is 46.5 Å². The Morgan fingerprint density at radius 1 is 1.40 bits per heavy atom. The van der Waals surface area contributed by atoms with Gasteiger partial charge in [-0.3, -0.25) is 9.48 Å². The summed E-state index contributed by atoms with van der Waals surface area (Å²) in [5, 5.41) is 7.61. The summed E-state index contributed by atoms with van der Waals surface area (Å²) in [6.07, 6.45) is 2.30. The molecular weight excluding hydrogens is 276 g/mol. The molecule has 106 valence electrons. The summed E-state index contributed by atoms with van der Waals surface area (Å²) in [5.74, 6) is -0.137. The molecule has 0 aliphatic carbocycles. The number of pyridine rings is 1. The molecule has 2 heterocycles. The molecule has 2 aromatic rings. The Morgan fingerprint density at radius 3 is 2.80 bits per heavy atom. The maximum absolute atomic E-state index is 11.8. The van der Waals surface area contributed by atoms with Gasteiger partial charge in [-0.05, 0) is 38.5 Å². The van der Waals surface area contributed by atoms with Crippen LogP contribution in [0.25, 0.3) is 0 Å². The number of halogens is 1. The van der Waals surface area contributed by atoms with E-state index in [1.54, 1.807) is 12.1 Å². The molecule has 1 amide bonds. The topological polar surface area (TPSA) is 59.8 Å². The van der Waals surface area contributed by atoms with Crippen molar-refractivity contribution >= 4 is 17.5 Å². The number of aryl methyl sites for hydroxylation is 3. The largest absolute Gasteiger partial charge is 0.352 e. The third-order valence-electron chi connectivity index (χ3n) is 2.93. The molecule has 5 nitrogen and oxygen atoms in total. The van der Waals surface area contributed by atoms with Crippen molar-refractivity contribution in [2.24, 2.45) is 0 Å². The van der Waals surface area contributed by atoms with Gasteiger partial charge in [0, 0.05) is 25.0 Å². The zero-order chi connectivity index (χ0) is 14.5. The van der Waals surface area contributed by atoms with Gasteiger partial charge in [0.1, 0.15) is 5.15 Å². The minimum Gasteiger partial charge on any atom is -0.352 e. The van der Waals surface area contributed by atoms with Gasteiger partial charge in [-0.1, -0.05) is 11.6 Å². The monoisotopic (exact) mass is 292 g/mol. The number of carbonyl (C=O) groups is 1. The van der Waals surface area contributed by atoms with Gasteiger partial charge in [0.2, 0.25) is 0 Å². The van der Waals surface area contributed by atoms with Gasteiger partial charge in [0.05, 0.1) is 11.3 Å². The summed E-state index contributed by atoms with van der Waals surface area (Å²) in [6, 6.07) is 5.30. The number of nitrogens with one attached hydrogen (secondary N) is 1. The van der Waals surface area contributed by atoms with Crippen LogP contribution in [-0.4, -0.2) is 27.2 Å². The average Bonchev–Trinajstić information content (AvgIpc) is 2.73. The Balaban J connectivity index is 1.77. The predicted octanol–water partition coefficient (Wildman–Crippen LogP) is 2.37. The molecule has 1 N–H and O–H groups in total. The van der Waals surface area contributed by atoms with Crippen LogP contribution in [-0.2, 0) is 6.54 Å². The molecule has 0 aromatic carbocycles. The summed E-state index contributed by atoms with van der Waals surface area (Å²) in [4.78, 5) is 15.7. The molecule has 0 saturated heterocycles. The van der Waals surface area contributed by atoms with Crippen LogP contribution in [0.15, 0.2) is 24.4 Å². The molecule has 0 bridgehead atoms. The van der Waals surface area contributed by atoms with E-state index in [1.807, 2.05) is 24.6 Å². The van der Waals surface area contributed by atoms with E-state index in [2.05, 4.69) is 15.4 Å². The SMILES string of the molecule is Cc1cc(C)n(CCCNC(=O)c2ccc(Cl)nc2)n1. The first kappa shape index (κ1) is 14.5. The number of carbonyl (C=O) groups excluding carboxylic acids is 1. The van der Waals surface area contributed by atoms with Crippen LogP contribution < -0.4 is 5.32 Å². The lowest BCUT2D eigenvalue weighted by Crippen LogP contribution is -2.25. The third-order valence-corrected chi connectivity index (χ3v) is 3.15.